The lowest BCUT2D eigenvalue weighted by atomic mass is 9.90. The van der Waals surface area contributed by atoms with E-state index in [2.05, 4.69) is 21.7 Å². The molecular formula is C31H35Cl2N7O3. The van der Waals surface area contributed by atoms with Gasteiger partial charge in [-0.2, -0.15) is 5.10 Å². The Kier molecular flexibility index (Phi) is 7.90. The third-order valence-corrected chi connectivity index (χ3v) is 9.35. The first-order chi connectivity index (χ1) is 20.9. The Morgan fingerprint density at radius 2 is 1.74 bits per heavy atom. The lowest BCUT2D eigenvalue weighted by molar-refractivity contribution is -0.0365. The second-order valence-corrected chi connectivity index (χ2v) is 12.6. The van der Waals surface area contributed by atoms with Crippen molar-refractivity contribution in [3.8, 4) is 17.0 Å². The zero-order valence-electron chi connectivity index (χ0n) is 24.4. The molecule has 12 heteroatoms. The summed E-state index contributed by atoms with van der Waals surface area (Å²) in [6, 6.07) is 5.98. The van der Waals surface area contributed by atoms with E-state index in [4.69, 9.17) is 52.5 Å². The summed E-state index contributed by atoms with van der Waals surface area (Å²) in [5.74, 6) is 1.41. The predicted molar refractivity (Wildman–Crippen MR) is 166 cm³/mol. The number of aromatic nitrogens is 5. The minimum absolute atomic E-state index is 0.121. The Morgan fingerprint density at radius 3 is 2.44 bits per heavy atom. The molecular weight excluding hydrogens is 589 g/mol. The minimum Gasteiger partial charge on any atom is -0.486 e. The maximum Gasteiger partial charge on any atom is 0.225 e. The number of nitrogens with zero attached hydrogens (tertiary/aromatic N) is 7. The summed E-state index contributed by atoms with van der Waals surface area (Å²) >= 11 is 12.8. The average molecular weight is 625 g/mol. The molecule has 7 rings (SSSR count). The molecule has 0 aliphatic carbocycles. The highest BCUT2D eigenvalue weighted by molar-refractivity contribution is 6.35. The maximum absolute atomic E-state index is 6.41. The highest BCUT2D eigenvalue weighted by Gasteiger charge is 2.45. The lowest BCUT2D eigenvalue weighted by Crippen LogP contribution is -2.70. The van der Waals surface area contributed by atoms with Crippen LogP contribution in [0.4, 0.5) is 5.95 Å². The van der Waals surface area contributed by atoms with Crippen molar-refractivity contribution in [1.29, 1.82) is 0 Å². The van der Waals surface area contributed by atoms with Crippen molar-refractivity contribution >= 4 is 40.1 Å². The first-order valence-electron chi connectivity index (χ1n) is 14.9. The molecule has 3 fully saturated rings. The first kappa shape index (κ1) is 28.7. The van der Waals surface area contributed by atoms with Crippen molar-refractivity contribution < 1.29 is 14.2 Å². The second kappa shape index (κ2) is 11.8. The Morgan fingerprint density at radius 1 is 1.00 bits per heavy atom. The Balaban J connectivity index is 1.17. The van der Waals surface area contributed by atoms with Crippen molar-refractivity contribution in [2.75, 3.05) is 50.9 Å². The van der Waals surface area contributed by atoms with Gasteiger partial charge in [0.15, 0.2) is 6.23 Å². The van der Waals surface area contributed by atoms with Crippen LogP contribution in [0.1, 0.15) is 51.0 Å². The zero-order valence-corrected chi connectivity index (χ0v) is 25.9. The van der Waals surface area contributed by atoms with Crippen LogP contribution in [0.25, 0.3) is 22.2 Å². The van der Waals surface area contributed by atoms with E-state index in [0.717, 1.165) is 93.4 Å². The number of morpholine rings is 1. The number of anilines is 1. The molecule has 226 valence electrons. The summed E-state index contributed by atoms with van der Waals surface area (Å²) in [6.07, 6.45) is 9.46. The number of rotatable bonds is 7. The normalized spacial score (nSPS) is 21.5. The minimum atomic E-state index is -0.386. The largest absolute Gasteiger partial charge is 0.486 e. The Bertz CT molecular complexity index is 1580. The number of hydrogen-bond donors (Lipinski definition) is 0. The van der Waals surface area contributed by atoms with Gasteiger partial charge < -0.3 is 19.1 Å². The molecule has 43 heavy (non-hydrogen) atoms. The van der Waals surface area contributed by atoms with E-state index in [-0.39, 0.29) is 17.9 Å². The molecule has 1 unspecified atom stereocenters. The molecule has 3 saturated heterocycles. The molecule has 0 spiro atoms. The van der Waals surface area contributed by atoms with Crippen molar-refractivity contribution in [2.45, 2.75) is 51.0 Å². The molecule has 6 heterocycles. The van der Waals surface area contributed by atoms with Crippen LogP contribution in [0.2, 0.25) is 10.0 Å². The summed E-state index contributed by atoms with van der Waals surface area (Å²) in [4.78, 5) is 18.3. The highest BCUT2D eigenvalue weighted by atomic mass is 35.5. The SMILES string of the molecule is C[C@@H](Oc1ccc2c(c1)c(-c1cnc(N3CC(C)(N4CCOCC4)C3)nc1)nn2C1CCCCO1)c1c(Cl)cncc1Cl. The summed E-state index contributed by atoms with van der Waals surface area (Å²) in [6.45, 7) is 10.3. The van der Waals surface area contributed by atoms with Crippen LogP contribution in [-0.2, 0) is 9.47 Å². The summed E-state index contributed by atoms with van der Waals surface area (Å²) in [7, 11) is 0. The standard InChI is InChI=1S/C31H35Cl2N7O3/c1-20(28-24(32)16-34-17-25(28)33)43-22-6-7-26-23(13-22)29(37-40(26)27-5-3-4-10-42-27)21-14-35-30(36-15-21)38-18-31(2,19-38)39-8-11-41-12-9-39/h6-7,13-17,20,27H,3-5,8-12,18-19H2,1-2H3/t20-,27?/m1/s1. The van der Waals surface area contributed by atoms with Crippen LogP contribution in [0.15, 0.2) is 43.0 Å². The number of fused-ring (bicyclic) bond motifs is 1. The molecule has 3 aliphatic heterocycles. The van der Waals surface area contributed by atoms with E-state index in [1.165, 1.54) is 0 Å². The van der Waals surface area contributed by atoms with Gasteiger partial charge in [-0.15, -0.1) is 0 Å². The molecule has 0 N–H and O–H groups in total. The van der Waals surface area contributed by atoms with Gasteiger partial charge in [-0.3, -0.25) is 9.88 Å². The van der Waals surface area contributed by atoms with E-state index in [9.17, 15) is 0 Å². The zero-order chi connectivity index (χ0) is 29.6. The predicted octanol–water partition coefficient (Wildman–Crippen LogP) is 5.95. The van der Waals surface area contributed by atoms with E-state index >= 15 is 0 Å². The quantitative estimate of drug-likeness (QED) is 0.248. The fourth-order valence-corrected chi connectivity index (χ4v) is 7.11. The molecule has 4 aromatic rings. The number of pyridine rings is 1. The maximum atomic E-state index is 6.41. The van der Waals surface area contributed by atoms with Crippen molar-refractivity contribution in [3.05, 3.63) is 58.6 Å². The molecule has 0 radical (unpaired) electrons. The Hall–Kier alpha value is -3.02. The smallest absolute Gasteiger partial charge is 0.225 e. The molecule has 1 aromatic carbocycles. The summed E-state index contributed by atoms with van der Waals surface area (Å²) in [5.41, 5.74) is 3.42. The summed E-state index contributed by atoms with van der Waals surface area (Å²) < 4.78 is 20.0. The van der Waals surface area contributed by atoms with Gasteiger partial charge in [-0.05, 0) is 51.3 Å². The first-order valence-corrected chi connectivity index (χ1v) is 15.6. The average Bonchev–Trinajstić information content (AvgIpc) is 3.39. The van der Waals surface area contributed by atoms with Crippen LogP contribution < -0.4 is 9.64 Å². The van der Waals surface area contributed by atoms with Crippen LogP contribution >= 0.6 is 23.2 Å². The number of benzene rings is 1. The van der Waals surface area contributed by atoms with Crippen LogP contribution in [0.5, 0.6) is 5.75 Å². The van der Waals surface area contributed by atoms with Gasteiger partial charge in [-0.25, -0.2) is 14.6 Å². The molecule has 0 amide bonds. The molecule has 0 bridgehead atoms. The Labute approximate surface area is 260 Å². The molecule has 3 aliphatic rings. The van der Waals surface area contributed by atoms with E-state index in [1.54, 1.807) is 12.4 Å². The third kappa shape index (κ3) is 5.55. The van der Waals surface area contributed by atoms with E-state index in [1.807, 2.05) is 42.2 Å². The molecule has 2 atom stereocenters. The van der Waals surface area contributed by atoms with Gasteiger partial charge >= 0.3 is 0 Å². The number of hydrogen-bond acceptors (Lipinski definition) is 9. The van der Waals surface area contributed by atoms with Gasteiger partial charge in [0.2, 0.25) is 5.95 Å². The van der Waals surface area contributed by atoms with Crippen molar-refractivity contribution in [1.82, 2.24) is 29.6 Å². The van der Waals surface area contributed by atoms with Crippen molar-refractivity contribution in [3.63, 3.8) is 0 Å². The van der Waals surface area contributed by atoms with Crippen LogP contribution in [0, 0.1) is 0 Å². The van der Waals surface area contributed by atoms with Gasteiger partial charge in [0.1, 0.15) is 17.5 Å². The van der Waals surface area contributed by atoms with Gasteiger partial charge in [-0.1, -0.05) is 23.2 Å². The fourth-order valence-electron chi connectivity index (χ4n) is 6.44. The highest BCUT2D eigenvalue weighted by Crippen LogP contribution is 2.38. The monoisotopic (exact) mass is 623 g/mol. The fraction of sp³-hybridized carbons (Fsp3) is 0.484. The van der Waals surface area contributed by atoms with Crippen LogP contribution in [0.3, 0.4) is 0 Å². The second-order valence-electron chi connectivity index (χ2n) is 11.8. The van der Waals surface area contributed by atoms with Gasteiger partial charge in [0.25, 0.3) is 0 Å². The molecule has 0 saturated carbocycles. The summed E-state index contributed by atoms with van der Waals surface area (Å²) in [5, 5.41) is 6.93. The number of ether oxygens (including phenoxy) is 3. The lowest BCUT2D eigenvalue weighted by Gasteiger charge is -2.54. The molecule has 3 aromatic heterocycles. The molecule has 10 nitrogen and oxygen atoms in total. The van der Waals surface area contributed by atoms with E-state index < -0.39 is 0 Å². The van der Waals surface area contributed by atoms with Crippen LogP contribution in [-0.4, -0.2) is 81.2 Å². The number of halogens is 2. The van der Waals surface area contributed by atoms with Gasteiger partial charge in [0.05, 0.1) is 34.3 Å². The van der Waals surface area contributed by atoms with E-state index in [0.29, 0.717) is 21.4 Å². The third-order valence-electron chi connectivity index (χ3n) is 8.75. The van der Waals surface area contributed by atoms with Gasteiger partial charge in [0, 0.05) is 74.1 Å². The topological polar surface area (TPSA) is 90.7 Å². The van der Waals surface area contributed by atoms with Crippen molar-refractivity contribution in [2.24, 2.45) is 0 Å².